The lowest BCUT2D eigenvalue weighted by Gasteiger charge is -2.39. The molecule has 1 amide bonds. The van der Waals surface area contributed by atoms with Crippen molar-refractivity contribution in [3.8, 4) is 0 Å². The molecule has 20 heavy (non-hydrogen) atoms. The van der Waals surface area contributed by atoms with Gasteiger partial charge in [-0.05, 0) is 59.0 Å². The largest absolute Gasteiger partial charge is 0.444 e. The Balaban J connectivity index is 1.92. The standard InChI is InChI=1S/C15H29N3O2/c1-15(2,3)20-14(19)18-9-8-17-11-13(18)10-12-4-6-16-7-5-12/h12-13,16-17H,4-11H2,1-3H3. The molecule has 2 saturated heterocycles. The number of amides is 1. The van der Waals surface area contributed by atoms with Gasteiger partial charge in [-0.25, -0.2) is 4.79 Å². The van der Waals surface area contributed by atoms with Gasteiger partial charge in [0, 0.05) is 25.7 Å². The number of carbonyl (C=O) groups is 1. The second-order valence-electron chi connectivity index (χ2n) is 6.96. The van der Waals surface area contributed by atoms with Crippen molar-refractivity contribution in [1.82, 2.24) is 15.5 Å². The highest BCUT2D eigenvalue weighted by molar-refractivity contribution is 5.68. The molecule has 1 unspecified atom stereocenters. The summed E-state index contributed by atoms with van der Waals surface area (Å²) in [6.45, 7) is 10.5. The van der Waals surface area contributed by atoms with Gasteiger partial charge in [0.05, 0.1) is 0 Å². The van der Waals surface area contributed by atoms with Crippen molar-refractivity contribution in [2.24, 2.45) is 5.92 Å². The minimum absolute atomic E-state index is 0.155. The van der Waals surface area contributed by atoms with Crippen LogP contribution in [0.1, 0.15) is 40.0 Å². The summed E-state index contributed by atoms with van der Waals surface area (Å²) >= 11 is 0. The SMILES string of the molecule is CC(C)(C)OC(=O)N1CCNCC1CC1CCNCC1. The number of piperazine rings is 1. The molecule has 5 nitrogen and oxygen atoms in total. The van der Waals surface area contributed by atoms with Crippen molar-refractivity contribution < 1.29 is 9.53 Å². The molecule has 5 heteroatoms. The zero-order valence-corrected chi connectivity index (χ0v) is 13.1. The Morgan fingerprint density at radius 1 is 1.20 bits per heavy atom. The molecule has 0 radical (unpaired) electrons. The molecule has 2 heterocycles. The monoisotopic (exact) mass is 283 g/mol. The highest BCUT2D eigenvalue weighted by atomic mass is 16.6. The number of piperidine rings is 1. The number of nitrogens with one attached hydrogen (secondary N) is 2. The molecular weight excluding hydrogens is 254 g/mol. The van der Waals surface area contributed by atoms with Crippen LogP contribution >= 0.6 is 0 Å². The first-order valence-corrected chi connectivity index (χ1v) is 7.87. The molecule has 2 fully saturated rings. The molecule has 0 aliphatic carbocycles. The fourth-order valence-electron chi connectivity index (χ4n) is 3.03. The van der Waals surface area contributed by atoms with E-state index in [0.29, 0.717) is 0 Å². The van der Waals surface area contributed by atoms with Gasteiger partial charge in [0.1, 0.15) is 5.60 Å². The van der Waals surface area contributed by atoms with Gasteiger partial charge in [0.2, 0.25) is 0 Å². The Labute approximate surface area is 122 Å². The van der Waals surface area contributed by atoms with E-state index in [0.717, 1.165) is 45.1 Å². The van der Waals surface area contributed by atoms with Gasteiger partial charge >= 0.3 is 6.09 Å². The molecule has 0 bridgehead atoms. The third-order valence-corrected chi connectivity index (χ3v) is 4.04. The predicted octanol–water partition coefficient (Wildman–Crippen LogP) is 1.58. The molecule has 2 N–H and O–H groups in total. The van der Waals surface area contributed by atoms with Gasteiger partial charge in [0.15, 0.2) is 0 Å². The van der Waals surface area contributed by atoms with Crippen LogP contribution in [0, 0.1) is 5.92 Å². The van der Waals surface area contributed by atoms with Gasteiger partial charge in [0.25, 0.3) is 0 Å². The zero-order valence-electron chi connectivity index (χ0n) is 13.1. The van der Waals surface area contributed by atoms with Crippen LogP contribution in [0.15, 0.2) is 0 Å². The third kappa shape index (κ3) is 4.63. The van der Waals surface area contributed by atoms with E-state index in [9.17, 15) is 4.79 Å². The van der Waals surface area contributed by atoms with Crippen LogP contribution in [0.2, 0.25) is 0 Å². The van der Waals surface area contributed by atoms with E-state index in [4.69, 9.17) is 4.74 Å². The molecule has 0 aromatic rings. The fourth-order valence-corrected chi connectivity index (χ4v) is 3.03. The summed E-state index contributed by atoms with van der Waals surface area (Å²) in [6, 6.07) is 0.279. The number of nitrogens with zero attached hydrogens (tertiary/aromatic N) is 1. The Kier molecular flexibility index (Phi) is 5.27. The van der Waals surface area contributed by atoms with Gasteiger partial charge in [-0.3, -0.25) is 0 Å². The second-order valence-corrected chi connectivity index (χ2v) is 6.96. The van der Waals surface area contributed by atoms with Crippen LogP contribution < -0.4 is 10.6 Å². The van der Waals surface area contributed by atoms with Crippen molar-refractivity contribution in [3.63, 3.8) is 0 Å². The lowest BCUT2D eigenvalue weighted by molar-refractivity contribution is 0.00879. The number of ether oxygens (including phenoxy) is 1. The number of hydrogen-bond acceptors (Lipinski definition) is 4. The van der Waals surface area contributed by atoms with Gasteiger partial charge in [-0.2, -0.15) is 0 Å². The van der Waals surface area contributed by atoms with E-state index < -0.39 is 5.60 Å². The molecule has 0 aromatic carbocycles. The molecule has 2 rings (SSSR count). The molecular formula is C15H29N3O2. The summed E-state index contributed by atoms with van der Waals surface area (Å²) in [5, 5.41) is 6.80. The van der Waals surface area contributed by atoms with E-state index in [1.54, 1.807) is 0 Å². The number of hydrogen-bond donors (Lipinski definition) is 2. The normalized spacial score (nSPS) is 25.6. The minimum Gasteiger partial charge on any atom is -0.444 e. The summed E-state index contributed by atoms with van der Waals surface area (Å²) in [5.41, 5.74) is -0.415. The minimum atomic E-state index is -0.415. The van der Waals surface area contributed by atoms with Crippen LogP contribution in [0.4, 0.5) is 4.79 Å². The first-order chi connectivity index (χ1) is 9.46. The Morgan fingerprint density at radius 3 is 2.55 bits per heavy atom. The zero-order chi connectivity index (χ0) is 14.6. The van der Waals surface area contributed by atoms with Crippen LogP contribution in [0.3, 0.4) is 0 Å². The highest BCUT2D eigenvalue weighted by Crippen LogP contribution is 2.23. The van der Waals surface area contributed by atoms with Gasteiger partial charge < -0.3 is 20.3 Å². The van der Waals surface area contributed by atoms with E-state index in [-0.39, 0.29) is 12.1 Å². The first-order valence-electron chi connectivity index (χ1n) is 7.87. The Hall–Kier alpha value is -0.810. The molecule has 1 atom stereocenters. The number of rotatable bonds is 2. The average Bonchev–Trinajstić information content (AvgIpc) is 2.38. The second kappa shape index (κ2) is 6.76. The molecule has 2 aliphatic rings. The van der Waals surface area contributed by atoms with E-state index in [1.807, 2.05) is 25.7 Å². The smallest absolute Gasteiger partial charge is 0.410 e. The number of carbonyl (C=O) groups excluding carboxylic acids is 1. The van der Waals surface area contributed by atoms with Crippen molar-refractivity contribution >= 4 is 6.09 Å². The fraction of sp³-hybridized carbons (Fsp3) is 0.933. The van der Waals surface area contributed by atoms with Crippen molar-refractivity contribution in [2.75, 3.05) is 32.7 Å². The van der Waals surface area contributed by atoms with Crippen LogP contribution in [0.5, 0.6) is 0 Å². The van der Waals surface area contributed by atoms with Gasteiger partial charge in [-0.1, -0.05) is 0 Å². The third-order valence-electron chi connectivity index (χ3n) is 4.04. The van der Waals surface area contributed by atoms with Gasteiger partial charge in [-0.15, -0.1) is 0 Å². The highest BCUT2D eigenvalue weighted by Gasteiger charge is 2.32. The van der Waals surface area contributed by atoms with E-state index >= 15 is 0 Å². The van der Waals surface area contributed by atoms with Crippen molar-refractivity contribution in [3.05, 3.63) is 0 Å². The maximum Gasteiger partial charge on any atom is 0.410 e. The summed E-state index contributed by atoms with van der Waals surface area (Å²) in [6.07, 6.45) is 3.38. The van der Waals surface area contributed by atoms with Crippen LogP contribution in [-0.4, -0.2) is 55.4 Å². The van der Waals surface area contributed by atoms with Crippen LogP contribution in [0.25, 0.3) is 0 Å². The summed E-state index contributed by atoms with van der Waals surface area (Å²) in [5.74, 6) is 0.728. The lowest BCUT2D eigenvalue weighted by Crippen LogP contribution is -2.55. The first kappa shape index (κ1) is 15.6. The van der Waals surface area contributed by atoms with E-state index in [2.05, 4.69) is 10.6 Å². The average molecular weight is 283 g/mol. The van der Waals surface area contributed by atoms with Crippen LogP contribution in [-0.2, 0) is 4.74 Å². The molecule has 0 saturated carbocycles. The summed E-state index contributed by atoms with van der Waals surface area (Å²) in [4.78, 5) is 14.3. The summed E-state index contributed by atoms with van der Waals surface area (Å²) < 4.78 is 5.54. The lowest BCUT2D eigenvalue weighted by atomic mass is 9.90. The van der Waals surface area contributed by atoms with Crippen molar-refractivity contribution in [2.45, 2.75) is 51.7 Å². The maximum absolute atomic E-state index is 12.3. The van der Waals surface area contributed by atoms with E-state index in [1.165, 1.54) is 12.8 Å². The Morgan fingerprint density at radius 2 is 1.90 bits per heavy atom. The molecule has 0 spiro atoms. The van der Waals surface area contributed by atoms with Crippen molar-refractivity contribution in [1.29, 1.82) is 0 Å². The molecule has 116 valence electrons. The molecule has 2 aliphatic heterocycles. The molecule has 0 aromatic heterocycles. The predicted molar refractivity (Wildman–Crippen MR) is 79.8 cm³/mol. The topological polar surface area (TPSA) is 53.6 Å². The Bertz CT molecular complexity index is 322. The quantitative estimate of drug-likeness (QED) is 0.808. The maximum atomic E-state index is 12.3. The summed E-state index contributed by atoms with van der Waals surface area (Å²) in [7, 11) is 0.